The van der Waals surface area contributed by atoms with E-state index >= 15 is 0 Å². The van der Waals surface area contributed by atoms with Crippen LogP contribution in [-0.2, 0) is 11.8 Å². The van der Waals surface area contributed by atoms with Crippen LogP contribution < -0.4 is 5.69 Å². The summed E-state index contributed by atoms with van der Waals surface area (Å²) in [6, 6.07) is 8.85. The van der Waals surface area contributed by atoms with Crippen LogP contribution >= 0.6 is 0 Å². The maximum absolute atomic E-state index is 12.0. The molecule has 0 fully saturated rings. The molecule has 0 aliphatic carbocycles. The molecule has 0 unspecified atom stereocenters. The van der Waals surface area contributed by atoms with Crippen molar-refractivity contribution in [3.05, 3.63) is 46.6 Å². The number of carbonyl (C=O) groups excluding carboxylic acids is 1. The second kappa shape index (κ2) is 4.87. The molecule has 0 atom stereocenters. The molecule has 0 saturated heterocycles. The number of ether oxygens (including phenoxy) is 1. The highest BCUT2D eigenvalue weighted by atomic mass is 16.5. The molecule has 0 aliphatic heterocycles. The van der Waals surface area contributed by atoms with Gasteiger partial charge in [0.1, 0.15) is 0 Å². The normalized spacial score (nSPS) is 10.3. The number of aromatic nitrogens is 3. The van der Waals surface area contributed by atoms with E-state index in [0.717, 1.165) is 4.68 Å². The number of rotatable bonds is 3. The van der Waals surface area contributed by atoms with Gasteiger partial charge < -0.3 is 4.74 Å². The van der Waals surface area contributed by atoms with Crippen molar-refractivity contribution >= 4 is 5.97 Å². The summed E-state index contributed by atoms with van der Waals surface area (Å²) in [5.74, 6) is -0.630. The Bertz CT molecular complexity index is 613. The first kappa shape index (κ1) is 12.1. The van der Waals surface area contributed by atoms with Crippen molar-refractivity contribution in [2.24, 2.45) is 7.05 Å². The Morgan fingerprint density at radius 1 is 1.33 bits per heavy atom. The number of esters is 1. The summed E-state index contributed by atoms with van der Waals surface area (Å²) in [5, 5.41) is 3.90. The van der Waals surface area contributed by atoms with Crippen LogP contribution in [0.5, 0.6) is 0 Å². The fraction of sp³-hybridized carbons (Fsp3) is 0.250. The third-order valence-corrected chi connectivity index (χ3v) is 2.40. The number of carbonyl (C=O) groups is 1. The van der Waals surface area contributed by atoms with Crippen molar-refractivity contribution in [3.8, 4) is 5.69 Å². The molecule has 1 aromatic heterocycles. The summed E-state index contributed by atoms with van der Waals surface area (Å²) in [6.45, 7) is 1.93. The summed E-state index contributed by atoms with van der Waals surface area (Å²) < 4.78 is 7.23. The van der Waals surface area contributed by atoms with E-state index in [9.17, 15) is 9.59 Å². The Labute approximate surface area is 103 Å². The van der Waals surface area contributed by atoms with E-state index in [0.29, 0.717) is 5.69 Å². The Kier molecular flexibility index (Phi) is 3.27. The van der Waals surface area contributed by atoms with Gasteiger partial charge in [-0.15, -0.1) is 5.10 Å². The minimum Gasteiger partial charge on any atom is -0.460 e. The number of hydrogen-bond donors (Lipinski definition) is 0. The highest BCUT2D eigenvalue weighted by Gasteiger charge is 2.20. The summed E-state index contributed by atoms with van der Waals surface area (Å²) in [5.41, 5.74) is 0.197. The van der Waals surface area contributed by atoms with Gasteiger partial charge in [-0.25, -0.2) is 18.8 Å². The lowest BCUT2D eigenvalue weighted by molar-refractivity contribution is 0.0508. The van der Waals surface area contributed by atoms with Crippen LogP contribution in [0.4, 0.5) is 0 Å². The number of benzene rings is 1. The van der Waals surface area contributed by atoms with Gasteiger partial charge in [-0.2, -0.15) is 0 Å². The van der Waals surface area contributed by atoms with Gasteiger partial charge in [-0.3, -0.25) is 0 Å². The van der Waals surface area contributed by atoms with Gasteiger partial charge >= 0.3 is 11.7 Å². The monoisotopic (exact) mass is 247 g/mol. The number of nitrogens with zero attached hydrogens (tertiary/aromatic N) is 3. The van der Waals surface area contributed by atoms with E-state index in [1.807, 2.05) is 6.07 Å². The van der Waals surface area contributed by atoms with Gasteiger partial charge in [-0.1, -0.05) is 18.2 Å². The fourth-order valence-corrected chi connectivity index (χ4v) is 1.60. The van der Waals surface area contributed by atoms with Crippen LogP contribution in [0.25, 0.3) is 5.69 Å². The lowest BCUT2D eigenvalue weighted by Crippen LogP contribution is -2.23. The van der Waals surface area contributed by atoms with Crippen LogP contribution in [0.3, 0.4) is 0 Å². The Hall–Kier alpha value is -2.37. The summed E-state index contributed by atoms with van der Waals surface area (Å²) >= 11 is 0. The van der Waals surface area contributed by atoms with E-state index < -0.39 is 5.97 Å². The van der Waals surface area contributed by atoms with Crippen molar-refractivity contribution in [2.45, 2.75) is 6.92 Å². The van der Waals surface area contributed by atoms with Crippen molar-refractivity contribution in [1.82, 2.24) is 14.3 Å². The zero-order valence-corrected chi connectivity index (χ0v) is 10.2. The SMILES string of the molecule is CCOC(=O)c1nn(C)c(=O)n1-c1ccccc1. The standard InChI is InChI=1S/C12H13N3O3/c1-3-18-11(16)10-13-14(2)12(17)15(10)9-7-5-4-6-8-9/h4-8H,3H2,1-2H3. The first-order valence-corrected chi connectivity index (χ1v) is 5.53. The maximum atomic E-state index is 12.0. The zero-order chi connectivity index (χ0) is 13.1. The molecule has 94 valence electrons. The molecule has 0 amide bonds. The van der Waals surface area contributed by atoms with Gasteiger partial charge in [0.05, 0.1) is 12.3 Å². The molecular formula is C12H13N3O3. The molecule has 0 spiro atoms. The number of hydrogen-bond acceptors (Lipinski definition) is 4. The minimum absolute atomic E-state index is 0.0180. The highest BCUT2D eigenvalue weighted by Crippen LogP contribution is 2.07. The van der Waals surface area contributed by atoms with Crippen molar-refractivity contribution in [2.75, 3.05) is 6.61 Å². The Balaban J connectivity index is 2.59. The third-order valence-electron chi connectivity index (χ3n) is 2.40. The third kappa shape index (κ3) is 2.04. The lowest BCUT2D eigenvalue weighted by atomic mass is 10.3. The maximum Gasteiger partial charge on any atom is 0.376 e. The molecule has 0 aliphatic rings. The molecule has 1 aromatic carbocycles. The van der Waals surface area contributed by atoms with Crippen molar-refractivity contribution < 1.29 is 9.53 Å². The molecule has 6 nitrogen and oxygen atoms in total. The van der Waals surface area contributed by atoms with Crippen molar-refractivity contribution in [1.29, 1.82) is 0 Å². The fourth-order valence-electron chi connectivity index (χ4n) is 1.60. The first-order valence-electron chi connectivity index (χ1n) is 5.53. The van der Waals surface area contributed by atoms with Crippen LogP contribution in [-0.4, -0.2) is 26.9 Å². The molecular weight excluding hydrogens is 234 g/mol. The average Bonchev–Trinajstić information content (AvgIpc) is 2.67. The lowest BCUT2D eigenvalue weighted by Gasteiger charge is -2.04. The molecule has 2 aromatic rings. The van der Waals surface area contributed by atoms with Gasteiger partial charge in [0.15, 0.2) is 0 Å². The van der Waals surface area contributed by atoms with Crippen LogP contribution in [0.15, 0.2) is 35.1 Å². The molecule has 0 N–H and O–H groups in total. The van der Waals surface area contributed by atoms with E-state index in [1.165, 1.54) is 11.6 Å². The van der Waals surface area contributed by atoms with Gasteiger partial charge in [0.25, 0.3) is 0 Å². The predicted octanol–water partition coefficient (Wildman–Crippen LogP) is 0.748. The molecule has 18 heavy (non-hydrogen) atoms. The highest BCUT2D eigenvalue weighted by molar-refractivity contribution is 5.86. The second-order valence-electron chi connectivity index (χ2n) is 3.62. The molecule has 1 heterocycles. The minimum atomic E-state index is -0.612. The molecule has 2 rings (SSSR count). The van der Waals surface area contributed by atoms with Crippen LogP contribution in [0.1, 0.15) is 17.5 Å². The van der Waals surface area contributed by atoms with E-state index in [2.05, 4.69) is 5.10 Å². The number of aryl methyl sites for hydroxylation is 1. The van der Waals surface area contributed by atoms with Gasteiger partial charge in [0.2, 0.25) is 5.82 Å². The van der Waals surface area contributed by atoms with Crippen LogP contribution in [0, 0.1) is 0 Å². The first-order chi connectivity index (χ1) is 8.65. The second-order valence-corrected chi connectivity index (χ2v) is 3.62. The summed E-state index contributed by atoms with van der Waals surface area (Å²) in [4.78, 5) is 23.7. The van der Waals surface area contributed by atoms with E-state index in [-0.39, 0.29) is 18.1 Å². The summed E-state index contributed by atoms with van der Waals surface area (Å²) in [6.07, 6.45) is 0. The Morgan fingerprint density at radius 2 is 2.00 bits per heavy atom. The Morgan fingerprint density at radius 3 is 2.61 bits per heavy atom. The van der Waals surface area contributed by atoms with Crippen molar-refractivity contribution in [3.63, 3.8) is 0 Å². The van der Waals surface area contributed by atoms with Gasteiger partial charge in [0, 0.05) is 7.05 Å². The topological polar surface area (TPSA) is 66.1 Å². The predicted molar refractivity (Wildman–Crippen MR) is 64.8 cm³/mol. The van der Waals surface area contributed by atoms with Gasteiger partial charge in [-0.05, 0) is 19.1 Å². The largest absolute Gasteiger partial charge is 0.460 e. The molecule has 0 bridgehead atoms. The van der Waals surface area contributed by atoms with E-state index in [1.54, 1.807) is 31.2 Å². The smallest absolute Gasteiger partial charge is 0.376 e. The van der Waals surface area contributed by atoms with Crippen LogP contribution in [0.2, 0.25) is 0 Å². The average molecular weight is 247 g/mol. The quantitative estimate of drug-likeness (QED) is 0.750. The number of para-hydroxylation sites is 1. The van der Waals surface area contributed by atoms with E-state index in [4.69, 9.17) is 4.74 Å². The molecule has 0 saturated carbocycles. The molecule has 0 radical (unpaired) electrons. The molecule has 6 heteroatoms. The summed E-state index contributed by atoms with van der Waals surface area (Å²) in [7, 11) is 1.49. The zero-order valence-electron chi connectivity index (χ0n) is 10.2.